The lowest BCUT2D eigenvalue weighted by Gasteiger charge is -2.34. The molecule has 0 aromatic carbocycles. The van der Waals surface area contributed by atoms with Crippen LogP contribution in [0.15, 0.2) is 6.07 Å². The van der Waals surface area contributed by atoms with E-state index in [-0.39, 0.29) is 5.91 Å². The highest BCUT2D eigenvalue weighted by Crippen LogP contribution is 2.24. The minimum Gasteiger partial charge on any atom is -0.337 e. The van der Waals surface area contributed by atoms with Gasteiger partial charge in [-0.3, -0.25) is 9.48 Å². The number of nitrogens with zero attached hydrogens (tertiary/aromatic N) is 3. The number of hydrogen-bond donors (Lipinski definition) is 0. The molecule has 2 atom stereocenters. The molecule has 1 aliphatic rings. The monoisotopic (exact) mass is 313 g/mol. The van der Waals surface area contributed by atoms with Crippen molar-refractivity contribution in [2.24, 2.45) is 13.0 Å². The lowest BCUT2D eigenvalue weighted by atomic mass is 10.00. The second-order valence-electron chi connectivity index (χ2n) is 5.03. The standard InChI is InChI=1S/C13H20BrN3O/c1-4-10-7-12(16(3)15-10)13(18)17-6-5-11(14)9(2)8-17/h7,9,11H,4-6,8H2,1-3H3. The molecule has 0 bridgehead atoms. The van der Waals surface area contributed by atoms with E-state index < -0.39 is 0 Å². The Hall–Kier alpha value is -0.840. The average molecular weight is 314 g/mol. The molecule has 1 saturated heterocycles. The summed E-state index contributed by atoms with van der Waals surface area (Å²) in [5.74, 6) is 0.609. The second-order valence-corrected chi connectivity index (χ2v) is 6.21. The van der Waals surface area contributed by atoms with E-state index in [4.69, 9.17) is 0 Å². The van der Waals surface area contributed by atoms with Gasteiger partial charge in [0.25, 0.3) is 5.91 Å². The van der Waals surface area contributed by atoms with Crippen LogP contribution in [0.1, 0.15) is 36.5 Å². The summed E-state index contributed by atoms with van der Waals surface area (Å²) < 4.78 is 1.70. The van der Waals surface area contributed by atoms with Gasteiger partial charge in [-0.05, 0) is 24.8 Å². The van der Waals surface area contributed by atoms with E-state index in [0.29, 0.717) is 16.4 Å². The van der Waals surface area contributed by atoms with Gasteiger partial charge < -0.3 is 4.90 Å². The van der Waals surface area contributed by atoms with Crippen molar-refractivity contribution in [1.82, 2.24) is 14.7 Å². The highest BCUT2D eigenvalue weighted by Gasteiger charge is 2.28. The summed E-state index contributed by atoms with van der Waals surface area (Å²) in [6.45, 7) is 5.88. The first-order valence-electron chi connectivity index (χ1n) is 6.49. The first-order chi connectivity index (χ1) is 8.52. The third kappa shape index (κ3) is 2.60. The fourth-order valence-corrected chi connectivity index (χ4v) is 2.73. The Morgan fingerprint density at radius 2 is 2.33 bits per heavy atom. The van der Waals surface area contributed by atoms with Crippen molar-refractivity contribution in [3.8, 4) is 0 Å². The van der Waals surface area contributed by atoms with Gasteiger partial charge in [-0.2, -0.15) is 5.10 Å². The van der Waals surface area contributed by atoms with Crippen molar-refractivity contribution in [2.45, 2.75) is 31.5 Å². The van der Waals surface area contributed by atoms with E-state index >= 15 is 0 Å². The molecule has 0 radical (unpaired) electrons. The zero-order valence-electron chi connectivity index (χ0n) is 11.2. The molecular formula is C13H20BrN3O. The van der Waals surface area contributed by atoms with E-state index in [0.717, 1.165) is 31.6 Å². The van der Waals surface area contributed by atoms with Crippen LogP contribution in [0.4, 0.5) is 0 Å². The Kier molecular flexibility index (Phi) is 4.10. The van der Waals surface area contributed by atoms with E-state index in [1.165, 1.54) is 0 Å². The Labute approximate surface area is 116 Å². The number of halogens is 1. The summed E-state index contributed by atoms with van der Waals surface area (Å²) in [5, 5.41) is 4.34. The molecule has 5 heteroatoms. The summed E-state index contributed by atoms with van der Waals surface area (Å²) in [5.41, 5.74) is 1.68. The van der Waals surface area contributed by atoms with Gasteiger partial charge in [0.05, 0.1) is 5.69 Å². The Morgan fingerprint density at radius 3 is 2.89 bits per heavy atom. The van der Waals surface area contributed by atoms with E-state index in [9.17, 15) is 4.79 Å². The molecule has 0 spiro atoms. The number of carbonyl (C=O) groups excluding carboxylic acids is 1. The SMILES string of the molecule is CCc1cc(C(=O)N2CCC(Br)C(C)C2)n(C)n1. The van der Waals surface area contributed by atoms with Gasteiger partial charge in [0.1, 0.15) is 5.69 Å². The highest BCUT2D eigenvalue weighted by molar-refractivity contribution is 9.09. The molecule has 2 rings (SSSR count). The molecule has 100 valence electrons. The largest absolute Gasteiger partial charge is 0.337 e. The summed E-state index contributed by atoms with van der Waals surface area (Å²) in [6, 6.07) is 1.91. The van der Waals surface area contributed by atoms with Crippen LogP contribution in [0.3, 0.4) is 0 Å². The van der Waals surface area contributed by atoms with Gasteiger partial charge in [-0.1, -0.05) is 29.8 Å². The number of aromatic nitrogens is 2. The fourth-order valence-electron chi connectivity index (χ4n) is 2.36. The number of piperidine rings is 1. The number of aryl methyl sites for hydroxylation is 2. The molecule has 1 amide bonds. The molecule has 1 fully saturated rings. The van der Waals surface area contributed by atoms with Gasteiger partial charge in [-0.15, -0.1) is 0 Å². The minimum absolute atomic E-state index is 0.107. The quantitative estimate of drug-likeness (QED) is 0.785. The smallest absolute Gasteiger partial charge is 0.272 e. The van der Waals surface area contributed by atoms with Crippen LogP contribution in [-0.4, -0.2) is 38.5 Å². The lowest BCUT2D eigenvalue weighted by Crippen LogP contribution is -2.43. The third-order valence-corrected chi connectivity index (χ3v) is 4.96. The number of alkyl halides is 1. The van der Waals surface area contributed by atoms with Crippen molar-refractivity contribution < 1.29 is 4.79 Å². The Bertz CT molecular complexity index is 443. The van der Waals surface area contributed by atoms with Crippen LogP contribution >= 0.6 is 15.9 Å². The Balaban J connectivity index is 2.13. The number of carbonyl (C=O) groups is 1. The first kappa shape index (κ1) is 13.6. The summed E-state index contributed by atoms with van der Waals surface area (Å²) in [7, 11) is 1.84. The second kappa shape index (κ2) is 5.43. The molecule has 4 nitrogen and oxygen atoms in total. The van der Waals surface area contributed by atoms with Crippen molar-refractivity contribution in [3.05, 3.63) is 17.5 Å². The van der Waals surface area contributed by atoms with Crippen molar-refractivity contribution in [1.29, 1.82) is 0 Å². The van der Waals surface area contributed by atoms with Gasteiger partial charge in [0.2, 0.25) is 0 Å². The fraction of sp³-hybridized carbons (Fsp3) is 0.692. The van der Waals surface area contributed by atoms with Crippen molar-refractivity contribution in [3.63, 3.8) is 0 Å². The summed E-state index contributed by atoms with van der Waals surface area (Å²) in [4.78, 5) is 14.9. The van der Waals surface area contributed by atoms with E-state index in [1.807, 2.05) is 18.0 Å². The molecule has 0 aliphatic carbocycles. The maximum atomic E-state index is 12.5. The van der Waals surface area contributed by atoms with Crippen LogP contribution in [0.5, 0.6) is 0 Å². The van der Waals surface area contributed by atoms with Gasteiger partial charge in [0.15, 0.2) is 0 Å². The van der Waals surface area contributed by atoms with Gasteiger partial charge in [-0.25, -0.2) is 0 Å². The summed E-state index contributed by atoms with van der Waals surface area (Å²) in [6.07, 6.45) is 1.88. The zero-order chi connectivity index (χ0) is 13.3. The molecule has 1 aromatic heterocycles. The van der Waals surface area contributed by atoms with E-state index in [1.54, 1.807) is 4.68 Å². The van der Waals surface area contributed by atoms with Crippen LogP contribution < -0.4 is 0 Å². The summed E-state index contributed by atoms with van der Waals surface area (Å²) >= 11 is 3.66. The maximum Gasteiger partial charge on any atom is 0.272 e. The number of amides is 1. The molecular weight excluding hydrogens is 294 g/mol. The number of hydrogen-bond acceptors (Lipinski definition) is 2. The van der Waals surface area contributed by atoms with Crippen LogP contribution in [-0.2, 0) is 13.5 Å². The molecule has 1 aliphatic heterocycles. The van der Waals surface area contributed by atoms with Crippen LogP contribution in [0, 0.1) is 5.92 Å². The third-order valence-electron chi connectivity index (χ3n) is 3.60. The normalized spacial score (nSPS) is 24.3. The molecule has 2 unspecified atom stereocenters. The highest BCUT2D eigenvalue weighted by atomic mass is 79.9. The topological polar surface area (TPSA) is 38.1 Å². The first-order valence-corrected chi connectivity index (χ1v) is 7.40. The van der Waals surface area contributed by atoms with Crippen LogP contribution in [0.25, 0.3) is 0 Å². The maximum absolute atomic E-state index is 12.5. The number of rotatable bonds is 2. The molecule has 1 aromatic rings. The lowest BCUT2D eigenvalue weighted by molar-refractivity contribution is 0.0679. The molecule has 2 heterocycles. The van der Waals surface area contributed by atoms with Gasteiger partial charge in [0, 0.05) is 25.0 Å². The predicted molar refractivity (Wildman–Crippen MR) is 75.0 cm³/mol. The minimum atomic E-state index is 0.107. The molecule has 18 heavy (non-hydrogen) atoms. The molecule has 0 saturated carbocycles. The van der Waals surface area contributed by atoms with Crippen molar-refractivity contribution in [2.75, 3.05) is 13.1 Å². The predicted octanol–water partition coefficient (Wildman–Crippen LogP) is 2.23. The Morgan fingerprint density at radius 1 is 1.61 bits per heavy atom. The average Bonchev–Trinajstić information content (AvgIpc) is 2.73. The molecule has 0 N–H and O–H groups in total. The van der Waals surface area contributed by atoms with Gasteiger partial charge >= 0.3 is 0 Å². The van der Waals surface area contributed by atoms with Crippen molar-refractivity contribution >= 4 is 21.8 Å². The van der Waals surface area contributed by atoms with Crippen LogP contribution in [0.2, 0.25) is 0 Å². The van der Waals surface area contributed by atoms with E-state index in [2.05, 4.69) is 34.9 Å². The zero-order valence-corrected chi connectivity index (χ0v) is 12.8. The number of likely N-dealkylation sites (tertiary alicyclic amines) is 1.